The molecule has 0 amide bonds. The highest BCUT2D eigenvalue weighted by Crippen LogP contribution is 2.17. The second-order valence-corrected chi connectivity index (χ2v) is 12.1. The van der Waals surface area contributed by atoms with Gasteiger partial charge in [0, 0.05) is 30.2 Å². The fourth-order valence-electron chi connectivity index (χ4n) is 5.16. The molecule has 0 saturated heterocycles. The predicted octanol–water partition coefficient (Wildman–Crippen LogP) is 13.1. The lowest BCUT2D eigenvalue weighted by Gasteiger charge is -2.02. The van der Waals surface area contributed by atoms with Crippen molar-refractivity contribution < 1.29 is 0 Å². The average molecular weight is 593 g/mol. The summed E-state index contributed by atoms with van der Waals surface area (Å²) in [6.45, 7) is 6.76. The highest BCUT2D eigenvalue weighted by molar-refractivity contribution is 6.31. The zero-order valence-corrected chi connectivity index (χ0v) is 28.4. The molecule has 0 heterocycles. The third kappa shape index (κ3) is 19.2. The first-order chi connectivity index (χ1) is 21.7. The number of rotatable bonds is 22. The summed E-state index contributed by atoms with van der Waals surface area (Å²) < 4.78 is 0. The van der Waals surface area contributed by atoms with Gasteiger partial charge in [0.05, 0.1) is 17.1 Å². The van der Waals surface area contributed by atoms with Crippen molar-refractivity contribution in [2.45, 2.75) is 156 Å². The largest absolute Gasteiger partial charge is 0.255 e. The topological polar surface area (TPSA) is 24.7 Å². The lowest BCUT2D eigenvalue weighted by Crippen LogP contribution is -1.99. The van der Waals surface area contributed by atoms with Crippen LogP contribution in [0.15, 0.2) is 58.5 Å². The molecule has 2 aromatic carbocycles. The fourth-order valence-corrected chi connectivity index (χ4v) is 5.16. The fraction of sp³-hybridized carbons (Fsp3) is 0.571. The molecule has 0 spiro atoms. The van der Waals surface area contributed by atoms with Crippen molar-refractivity contribution in [1.82, 2.24) is 0 Å². The maximum atomic E-state index is 4.97. The van der Waals surface area contributed by atoms with E-state index in [9.17, 15) is 0 Å². The smallest absolute Gasteiger partial charge is 0.0646 e. The second kappa shape index (κ2) is 26.3. The summed E-state index contributed by atoms with van der Waals surface area (Å²) >= 11 is 0. The molecule has 2 rings (SSSR count). The molecule has 0 saturated carbocycles. The van der Waals surface area contributed by atoms with Crippen molar-refractivity contribution in [3.8, 4) is 23.7 Å². The van der Waals surface area contributed by atoms with Crippen molar-refractivity contribution in [2.75, 3.05) is 0 Å². The maximum absolute atomic E-state index is 4.97. The van der Waals surface area contributed by atoms with Crippen LogP contribution in [-0.2, 0) is 0 Å². The Hall–Kier alpha value is -3.10. The molecule has 0 aliphatic heterocycles. The minimum Gasteiger partial charge on any atom is -0.255 e. The molecule has 2 nitrogen and oxygen atoms in total. The van der Waals surface area contributed by atoms with Crippen LogP contribution in [0, 0.1) is 23.7 Å². The van der Waals surface area contributed by atoms with E-state index < -0.39 is 0 Å². The summed E-state index contributed by atoms with van der Waals surface area (Å²) in [6, 6.07) is 16.6. The highest BCUT2D eigenvalue weighted by atomic mass is 14.8. The van der Waals surface area contributed by atoms with Crippen molar-refractivity contribution in [3.05, 3.63) is 59.7 Å². The standard InChI is InChI=1S/C42H60N2/c1-4-7-10-12-14-16-18-20-22-24-28-38-30-26-33-40(35-38)43-37-42(32-9-6-3)44-41-34-27-31-39(36-41)29-25-23-21-19-17-15-13-11-8-5-2/h26-27,30-31,33-37H,4-23,32H2,1-3H3. The van der Waals surface area contributed by atoms with Crippen molar-refractivity contribution >= 4 is 23.3 Å². The molecule has 0 N–H and O–H groups in total. The van der Waals surface area contributed by atoms with E-state index in [-0.39, 0.29) is 0 Å². The van der Waals surface area contributed by atoms with Crippen LogP contribution in [0.2, 0.25) is 0 Å². The summed E-state index contributed by atoms with van der Waals surface area (Å²) in [4.78, 5) is 9.76. The van der Waals surface area contributed by atoms with Gasteiger partial charge in [-0.25, -0.2) is 0 Å². The SMILES string of the molecule is CCCCCCCCCCC#Cc1cccc(N=CC(CCCC)=Nc2cccc(C#CCCCCCCCCCC)c2)c1. The number of benzene rings is 2. The van der Waals surface area contributed by atoms with Gasteiger partial charge in [0.25, 0.3) is 0 Å². The zero-order chi connectivity index (χ0) is 31.3. The van der Waals surface area contributed by atoms with Gasteiger partial charge >= 0.3 is 0 Å². The Morgan fingerprint density at radius 3 is 1.52 bits per heavy atom. The number of hydrogen-bond donors (Lipinski definition) is 0. The molecular formula is C42H60N2. The average Bonchev–Trinajstić information content (AvgIpc) is 3.04. The number of unbranched alkanes of at least 4 members (excludes halogenated alkanes) is 17. The third-order valence-corrected chi connectivity index (χ3v) is 7.89. The van der Waals surface area contributed by atoms with Crippen molar-refractivity contribution in [2.24, 2.45) is 9.98 Å². The highest BCUT2D eigenvalue weighted by Gasteiger charge is 2.00. The van der Waals surface area contributed by atoms with Gasteiger partial charge in [-0.15, -0.1) is 0 Å². The first-order valence-electron chi connectivity index (χ1n) is 18.0. The van der Waals surface area contributed by atoms with Crippen LogP contribution in [0.5, 0.6) is 0 Å². The molecule has 44 heavy (non-hydrogen) atoms. The first kappa shape index (κ1) is 37.1. The lowest BCUT2D eigenvalue weighted by atomic mass is 10.1. The summed E-state index contributed by atoms with van der Waals surface area (Å²) in [5.74, 6) is 13.5. The van der Waals surface area contributed by atoms with E-state index in [4.69, 9.17) is 9.98 Å². The minimum atomic E-state index is 0.909. The Bertz CT molecular complexity index is 1200. The van der Waals surface area contributed by atoms with E-state index in [2.05, 4.69) is 80.9 Å². The zero-order valence-electron chi connectivity index (χ0n) is 28.4. The molecule has 0 aromatic heterocycles. The number of nitrogens with zero attached hydrogens (tertiary/aromatic N) is 2. The molecule has 0 aliphatic carbocycles. The van der Waals surface area contributed by atoms with Gasteiger partial charge in [-0.2, -0.15) is 0 Å². The molecule has 238 valence electrons. The van der Waals surface area contributed by atoms with Crippen molar-refractivity contribution in [1.29, 1.82) is 0 Å². The van der Waals surface area contributed by atoms with Gasteiger partial charge in [0.15, 0.2) is 0 Å². The Morgan fingerprint density at radius 1 is 0.545 bits per heavy atom. The van der Waals surface area contributed by atoms with Gasteiger partial charge < -0.3 is 0 Å². The summed E-state index contributed by atoms with van der Waals surface area (Å²) in [5.41, 5.74) is 4.94. The van der Waals surface area contributed by atoms with Crippen LogP contribution in [0.4, 0.5) is 11.4 Å². The molecule has 2 heteroatoms. The third-order valence-electron chi connectivity index (χ3n) is 7.89. The van der Waals surface area contributed by atoms with E-state index in [0.717, 1.165) is 60.3 Å². The monoisotopic (exact) mass is 592 g/mol. The van der Waals surface area contributed by atoms with Gasteiger partial charge in [-0.3, -0.25) is 9.98 Å². The van der Waals surface area contributed by atoms with Crippen LogP contribution >= 0.6 is 0 Å². The molecule has 0 atom stereocenters. The summed E-state index contributed by atoms with van der Waals surface area (Å²) in [5, 5.41) is 0. The van der Waals surface area contributed by atoms with E-state index in [1.165, 1.54) is 103 Å². The van der Waals surface area contributed by atoms with Crippen LogP contribution < -0.4 is 0 Å². The van der Waals surface area contributed by atoms with Crippen LogP contribution in [0.1, 0.15) is 167 Å². The first-order valence-corrected chi connectivity index (χ1v) is 18.0. The normalized spacial score (nSPS) is 11.3. The van der Waals surface area contributed by atoms with Gasteiger partial charge in [-0.05, 0) is 62.1 Å². The van der Waals surface area contributed by atoms with E-state index >= 15 is 0 Å². The summed E-state index contributed by atoms with van der Waals surface area (Å²) in [7, 11) is 0. The van der Waals surface area contributed by atoms with E-state index in [1.807, 2.05) is 18.3 Å². The van der Waals surface area contributed by atoms with Crippen molar-refractivity contribution in [3.63, 3.8) is 0 Å². The summed E-state index contributed by atoms with van der Waals surface area (Å²) in [6.07, 6.45) is 28.4. The van der Waals surface area contributed by atoms with Crippen LogP contribution in [-0.4, -0.2) is 11.9 Å². The van der Waals surface area contributed by atoms with Crippen LogP contribution in [0.3, 0.4) is 0 Å². The maximum Gasteiger partial charge on any atom is 0.0646 e. The Balaban J connectivity index is 1.88. The van der Waals surface area contributed by atoms with Gasteiger partial charge in [0.2, 0.25) is 0 Å². The number of aliphatic imine (C=N–C) groups is 2. The Morgan fingerprint density at radius 2 is 1.00 bits per heavy atom. The minimum absolute atomic E-state index is 0.909. The molecule has 0 radical (unpaired) electrons. The van der Waals surface area contributed by atoms with Crippen LogP contribution in [0.25, 0.3) is 0 Å². The Labute approximate surface area is 271 Å². The lowest BCUT2D eigenvalue weighted by molar-refractivity contribution is 0.579. The molecular weight excluding hydrogens is 532 g/mol. The van der Waals surface area contributed by atoms with Gasteiger partial charge in [-0.1, -0.05) is 153 Å². The van der Waals surface area contributed by atoms with Gasteiger partial charge in [0.1, 0.15) is 0 Å². The molecule has 0 aliphatic rings. The van der Waals surface area contributed by atoms with E-state index in [0.29, 0.717) is 0 Å². The molecule has 2 aromatic rings. The van der Waals surface area contributed by atoms with E-state index in [1.54, 1.807) is 0 Å². The number of hydrogen-bond acceptors (Lipinski definition) is 2. The predicted molar refractivity (Wildman–Crippen MR) is 196 cm³/mol. The second-order valence-electron chi connectivity index (χ2n) is 12.1. The quantitative estimate of drug-likeness (QED) is 0.0738. The molecule has 0 unspecified atom stereocenters. The Kier molecular flexibility index (Phi) is 22.2. The molecule has 0 bridgehead atoms. The molecule has 0 fully saturated rings.